The van der Waals surface area contributed by atoms with Crippen LogP contribution in [0.1, 0.15) is 17.5 Å². The van der Waals surface area contributed by atoms with Crippen LogP contribution < -0.4 is 5.32 Å². The van der Waals surface area contributed by atoms with E-state index in [-0.39, 0.29) is 37.0 Å². The van der Waals surface area contributed by atoms with Crippen molar-refractivity contribution in [1.82, 2.24) is 10.2 Å². The first-order chi connectivity index (χ1) is 9.60. The van der Waals surface area contributed by atoms with Crippen LogP contribution in [0.3, 0.4) is 0 Å². The van der Waals surface area contributed by atoms with Gasteiger partial charge in [0, 0.05) is 13.1 Å². The van der Waals surface area contributed by atoms with Crippen LogP contribution in [0.25, 0.3) is 0 Å². The van der Waals surface area contributed by atoms with E-state index >= 15 is 0 Å². The molecular weight excluding hydrogens is 264 g/mol. The highest BCUT2D eigenvalue weighted by atomic mass is 16.5. The minimum absolute atomic E-state index is 0.107. The maximum absolute atomic E-state index is 12.0. The van der Waals surface area contributed by atoms with Crippen molar-refractivity contribution in [1.29, 1.82) is 0 Å². The summed E-state index contributed by atoms with van der Waals surface area (Å²) in [6.07, 6.45) is 0.890. The molecule has 2 heterocycles. The first kappa shape index (κ1) is 14.5. The fraction of sp³-hybridized carbons (Fsp3) is 0.538. The van der Waals surface area contributed by atoms with Gasteiger partial charge in [0.1, 0.15) is 0 Å². The van der Waals surface area contributed by atoms with E-state index in [4.69, 9.17) is 14.3 Å². The van der Waals surface area contributed by atoms with Crippen LogP contribution in [0.4, 0.5) is 0 Å². The van der Waals surface area contributed by atoms with Crippen molar-refractivity contribution >= 4 is 11.8 Å². The molecule has 2 unspecified atom stereocenters. The number of aliphatic hydroxyl groups is 1. The number of morpholine rings is 1. The molecule has 0 spiro atoms. The van der Waals surface area contributed by atoms with E-state index in [1.807, 2.05) is 6.92 Å². The van der Waals surface area contributed by atoms with Gasteiger partial charge in [0.25, 0.3) is 5.91 Å². The Kier molecular flexibility index (Phi) is 4.75. The molecule has 0 radical (unpaired) electrons. The van der Waals surface area contributed by atoms with Crippen molar-refractivity contribution in [2.45, 2.75) is 19.1 Å². The lowest BCUT2D eigenvalue weighted by molar-refractivity contribution is -0.146. The van der Waals surface area contributed by atoms with Crippen LogP contribution in [0.15, 0.2) is 22.8 Å². The van der Waals surface area contributed by atoms with Gasteiger partial charge in [-0.3, -0.25) is 9.59 Å². The van der Waals surface area contributed by atoms with Crippen molar-refractivity contribution in [2.24, 2.45) is 0 Å². The number of rotatable bonds is 4. The Morgan fingerprint density at radius 1 is 1.50 bits per heavy atom. The van der Waals surface area contributed by atoms with E-state index in [1.54, 1.807) is 11.0 Å². The number of hydrogen-bond donors (Lipinski definition) is 2. The average Bonchev–Trinajstić information content (AvgIpc) is 2.97. The van der Waals surface area contributed by atoms with E-state index in [2.05, 4.69) is 5.32 Å². The number of hydrogen-bond acceptors (Lipinski definition) is 5. The number of nitrogens with one attached hydrogen (secondary N) is 1. The Labute approximate surface area is 116 Å². The van der Waals surface area contributed by atoms with Gasteiger partial charge in [-0.2, -0.15) is 0 Å². The average molecular weight is 282 g/mol. The topological polar surface area (TPSA) is 92.0 Å². The molecule has 0 aromatic carbocycles. The lowest BCUT2D eigenvalue weighted by Gasteiger charge is -2.36. The first-order valence-corrected chi connectivity index (χ1v) is 6.46. The van der Waals surface area contributed by atoms with Crippen LogP contribution in [-0.4, -0.2) is 60.3 Å². The van der Waals surface area contributed by atoms with E-state index in [1.165, 1.54) is 12.3 Å². The second kappa shape index (κ2) is 6.53. The Balaban J connectivity index is 1.83. The maximum Gasteiger partial charge on any atom is 0.287 e. The van der Waals surface area contributed by atoms with Crippen LogP contribution in [0, 0.1) is 0 Å². The minimum atomic E-state index is -0.427. The predicted octanol–water partition coefficient (Wildman–Crippen LogP) is -0.382. The quantitative estimate of drug-likeness (QED) is 0.785. The highest BCUT2D eigenvalue weighted by Gasteiger charge is 2.28. The van der Waals surface area contributed by atoms with E-state index in [0.717, 1.165) is 0 Å². The van der Waals surface area contributed by atoms with Crippen LogP contribution >= 0.6 is 0 Å². The van der Waals surface area contributed by atoms with Gasteiger partial charge in [0.15, 0.2) is 5.76 Å². The third-order valence-corrected chi connectivity index (χ3v) is 3.03. The Hall–Kier alpha value is -1.86. The SMILES string of the molecule is CC1CN(C(=O)CNC(=O)c2ccco2)CC(CO)O1. The van der Waals surface area contributed by atoms with Crippen LogP contribution in [0.5, 0.6) is 0 Å². The minimum Gasteiger partial charge on any atom is -0.459 e. The normalized spacial score (nSPS) is 22.6. The summed E-state index contributed by atoms with van der Waals surface area (Å²) >= 11 is 0. The number of amides is 2. The zero-order chi connectivity index (χ0) is 14.5. The van der Waals surface area contributed by atoms with Crippen molar-refractivity contribution in [2.75, 3.05) is 26.2 Å². The van der Waals surface area contributed by atoms with Gasteiger partial charge in [-0.15, -0.1) is 0 Å². The molecule has 1 saturated heterocycles. The van der Waals surface area contributed by atoms with Crippen molar-refractivity contribution in [3.05, 3.63) is 24.2 Å². The lowest BCUT2D eigenvalue weighted by atomic mass is 10.2. The van der Waals surface area contributed by atoms with Gasteiger partial charge >= 0.3 is 0 Å². The molecule has 1 aliphatic rings. The van der Waals surface area contributed by atoms with Gasteiger partial charge < -0.3 is 24.5 Å². The summed E-state index contributed by atoms with van der Waals surface area (Å²) < 4.78 is 10.4. The molecule has 20 heavy (non-hydrogen) atoms. The molecule has 2 atom stereocenters. The summed E-state index contributed by atoms with van der Waals surface area (Å²) in [5.41, 5.74) is 0. The van der Waals surface area contributed by atoms with Gasteiger partial charge in [-0.25, -0.2) is 0 Å². The van der Waals surface area contributed by atoms with Crippen molar-refractivity contribution < 1.29 is 23.8 Å². The standard InChI is InChI=1S/C13H18N2O5/c1-9-6-15(7-10(8-16)20-9)12(17)5-14-13(18)11-3-2-4-19-11/h2-4,9-10,16H,5-8H2,1H3,(H,14,18). The molecule has 1 fully saturated rings. The van der Waals surface area contributed by atoms with Gasteiger partial charge in [0.2, 0.25) is 5.91 Å². The van der Waals surface area contributed by atoms with Crippen molar-refractivity contribution in [3.8, 4) is 0 Å². The molecule has 1 aromatic heterocycles. The van der Waals surface area contributed by atoms with Gasteiger partial charge in [0.05, 0.1) is 31.6 Å². The number of carbonyl (C=O) groups is 2. The predicted molar refractivity (Wildman–Crippen MR) is 69.0 cm³/mol. The molecular formula is C13H18N2O5. The van der Waals surface area contributed by atoms with Crippen LogP contribution in [0.2, 0.25) is 0 Å². The second-order valence-corrected chi connectivity index (χ2v) is 4.71. The smallest absolute Gasteiger partial charge is 0.287 e. The monoisotopic (exact) mass is 282 g/mol. The summed E-state index contributed by atoms with van der Waals surface area (Å²) in [6.45, 7) is 2.38. The van der Waals surface area contributed by atoms with E-state index in [0.29, 0.717) is 13.1 Å². The Morgan fingerprint density at radius 3 is 2.95 bits per heavy atom. The molecule has 2 N–H and O–H groups in total. The highest BCUT2D eigenvalue weighted by Crippen LogP contribution is 2.10. The second-order valence-electron chi connectivity index (χ2n) is 4.71. The van der Waals surface area contributed by atoms with Gasteiger partial charge in [-0.05, 0) is 19.1 Å². The molecule has 0 saturated carbocycles. The summed E-state index contributed by atoms with van der Waals surface area (Å²) in [5, 5.41) is 11.6. The third-order valence-electron chi connectivity index (χ3n) is 3.03. The number of ether oxygens (including phenoxy) is 1. The van der Waals surface area contributed by atoms with E-state index < -0.39 is 5.91 Å². The first-order valence-electron chi connectivity index (χ1n) is 6.46. The zero-order valence-electron chi connectivity index (χ0n) is 11.2. The number of nitrogens with zero attached hydrogens (tertiary/aromatic N) is 1. The highest BCUT2D eigenvalue weighted by molar-refractivity contribution is 5.94. The summed E-state index contributed by atoms with van der Waals surface area (Å²) in [7, 11) is 0. The molecule has 1 aliphatic heterocycles. The summed E-state index contributed by atoms with van der Waals surface area (Å²) in [6, 6.07) is 3.13. The Morgan fingerprint density at radius 2 is 2.30 bits per heavy atom. The molecule has 2 rings (SSSR count). The largest absolute Gasteiger partial charge is 0.459 e. The summed E-state index contributed by atoms with van der Waals surface area (Å²) in [5.74, 6) is -0.469. The molecule has 7 heteroatoms. The van der Waals surface area contributed by atoms with Gasteiger partial charge in [-0.1, -0.05) is 0 Å². The lowest BCUT2D eigenvalue weighted by Crippen LogP contribution is -2.52. The molecule has 1 aromatic rings. The molecule has 110 valence electrons. The van der Waals surface area contributed by atoms with Crippen molar-refractivity contribution in [3.63, 3.8) is 0 Å². The number of furan rings is 1. The Bertz CT molecular complexity index is 459. The molecule has 7 nitrogen and oxygen atoms in total. The fourth-order valence-electron chi connectivity index (χ4n) is 2.11. The fourth-order valence-corrected chi connectivity index (χ4v) is 2.11. The maximum atomic E-state index is 12.0. The zero-order valence-corrected chi connectivity index (χ0v) is 11.2. The van der Waals surface area contributed by atoms with Crippen LogP contribution in [-0.2, 0) is 9.53 Å². The van der Waals surface area contributed by atoms with E-state index in [9.17, 15) is 9.59 Å². The number of aliphatic hydroxyl groups excluding tert-OH is 1. The third kappa shape index (κ3) is 3.58. The summed E-state index contributed by atoms with van der Waals surface area (Å²) in [4.78, 5) is 25.2. The molecule has 2 amide bonds. The number of carbonyl (C=O) groups excluding carboxylic acids is 2. The molecule has 0 bridgehead atoms. The molecule has 0 aliphatic carbocycles.